The molecule has 0 spiro atoms. The van der Waals surface area contributed by atoms with Crippen molar-refractivity contribution < 1.29 is 14.6 Å². The van der Waals surface area contributed by atoms with E-state index in [-0.39, 0.29) is 19.1 Å². The normalized spacial score (nSPS) is 10.9. The predicted molar refractivity (Wildman–Crippen MR) is 48.1 cm³/mol. The Hall–Kier alpha value is -1.30. The summed E-state index contributed by atoms with van der Waals surface area (Å²) in [5.41, 5.74) is 9.35. The highest BCUT2D eigenvalue weighted by Gasteiger charge is 2.21. The van der Waals surface area contributed by atoms with Gasteiger partial charge in [0.1, 0.15) is 6.73 Å². The van der Waals surface area contributed by atoms with E-state index in [1.165, 1.54) is 0 Å². The van der Waals surface area contributed by atoms with Gasteiger partial charge in [0, 0.05) is 0 Å². The van der Waals surface area contributed by atoms with E-state index in [2.05, 4.69) is 4.99 Å². The molecule has 13 heavy (non-hydrogen) atoms. The Labute approximate surface area is 76.6 Å². The van der Waals surface area contributed by atoms with Crippen LogP contribution in [0.2, 0.25) is 0 Å². The zero-order valence-corrected chi connectivity index (χ0v) is 7.78. The lowest BCUT2D eigenvalue weighted by Crippen LogP contribution is -2.29. The van der Waals surface area contributed by atoms with Crippen LogP contribution in [0.1, 0.15) is 20.3 Å². The fourth-order valence-electron chi connectivity index (χ4n) is 0.697. The molecule has 0 heterocycles. The first kappa shape index (κ1) is 11.7. The lowest BCUT2D eigenvalue weighted by molar-refractivity contribution is -0.143. The highest BCUT2D eigenvalue weighted by Crippen LogP contribution is 2.13. The van der Waals surface area contributed by atoms with Crippen molar-refractivity contribution in [2.24, 2.45) is 16.5 Å². The summed E-state index contributed by atoms with van der Waals surface area (Å²) in [7, 11) is 0. The SMILES string of the molecule is CC(C)(CC(=O)O)OCN=C(N)N. The van der Waals surface area contributed by atoms with Crippen molar-refractivity contribution in [1.82, 2.24) is 0 Å². The number of hydrogen-bond donors (Lipinski definition) is 3. The molecule has 5 N–H and O–H groups in total. The highest BCUT2D eigenvalue weighted by atomic mass is 16.5. The van der Waals surface area contributed by atoms with Gasteiger partial charge in [-0.25, -0.2) is 4.99 Å². The molecular weight excluding hydrogens is 174 g/mol. The number of rotatable bonds is 5. The van der Waals surface area contributed by atoms with E-state index in [9.17, 15) is 4.79 Å². The molecule has 0 aliphatic rings. The molecule has 0 aromatic rings. The number of ether oxygens (including phenoxy) is 1. The van der Waals surface area contributed by atoms with Crippen molar-refractivity contribution in [3.8, 4) is 0 Å². The molecule has 0 unspecified atom stereocenters. The first-order valence-electron chi connectivity index (χ1n) is 3.74. The predicted octanol–water partition coefficient (Wildman–Crippen LogP) is -0.513. The molecule has 6 heteroatoms. The maximum absolute atomic E-state index is 10.3. The maximum Gasteiger partial charge on any atom is 0.306 e. The quantitative estimate of drug-likeness (QED) is 0.398. The van der Waals surface area contributed by atoms with Gasteiger partial charge in [0.05, 0.1) is 12.0 Å². The van der Waals surface area contributed by atoms with Gasteiger partial charge < -0.3 is 21.3 Å². The van der Waals surface area contributed by atoms with Crippen molar-refractivity contribution in [3.63, 3.8) is 0 Å². The third-order valence-electron chi connectivity index (χ3n) is 1.28. The van der Waals surface area contributed by atoms with Gasteiger partial charge in [-0.3, -0.25) is 4.79 Å². The lowest BCUT2D eigenvalue weighted by atomic mass is 10.1. The Morgan fingerprint density at radius 1 is 1.54 bits per heavy atom. The Balaban J connectivity index is 3.89. The number of carbonyl (C=O) groups is 1. The molecule has 0 fully saturated rings. The third-order valence-corrected chi connectivity index (χ3v) is 1.28. The van der Waals surface area contributed by atoms with E-state index in [0.29, 0.717) is 0 Å². The van der Waals surface area contributed by atoms with Gasteiger partial charge in [-0.1, -0.05) is 0 Å². The van der Waals surface area contributed by atoms with Crippen LogP contribution in [0.5, 0.6) is 0 Å². The second-order valence-electron chi connectivity index (χ2n) is 3.19. The van der Waals surface area contributed by atoms with E-state index in [1.807, 2.05) is 0 Å². The summed E-state index contributed by atoms with van der Waals surface area (Å²) in [6, 6.07) is 0. The number of carboxylic acids is 1. The van der Waals surface area contributed by atoms with E-state index in [4.69, 9.17) is 21.3 Å². The minimum absolute atomic E-state index is 0.0252. The largest absolute Gasteiger partial charge is 0.481 e. The Morgan fingerprint density at radius 2 is 2.08 bits per heavy atom. The Kier molecular flexibility index (Phi) is 4.19. The average molecular weight is 189 g/mol. The molecule has 76 valence electrons. The zero-order valence-electron chi connectivity index (χ0n) is 7.78. The van der Waals surface area contributed by atoms with Crippen LogP contribution in [0.15, 0.2) is 4.99 Å². The third kappa shape index (κ3) is 7.07. The maximum atomic E-state index is 10.3. The van der Waals surface area contributed by atoms with E-state index < -0.39 is 11.6 Å². The van der Waals surface area contributed by atoms with Crippen LogP contribution in [0, 0.1) is 0 Å². The smallest absolute Gasteiger partial charge is 0.306 e. The number of aliphatic imine (C=N–C) groups is 1. The number of guanidine groups is 1. The van der Waals surface area contributed by atoms with Gasteiger partial charge in [-0.15, -0.1) is 0 Å². The molecule has 0 aromatic carbocycles. The van der Waals surface area contributed by atoms with Gasteiger partial charge in [-0.05, 0) is 13.8 Å². The van der Waals surface area contributed by atoms with Crippen LogP contribution >= 0.6 is 0 Å². The monoisotopic (exact) mass is 189 g/mol. The van der Waals surface area contributed by atoms with Crippen molar-refractivity contribution in [2.45, 2.75) is 25.9 Å². The molecule has 0 atom stereocenters. The molecule has 0 radical (unpaired) electrons. The summed E-state index contributed by atoms with van der Waals surface area (Å²) < 4.78 is 5.12. The summed E-state index contributed by atoms with van der Waals surface area (Å²) in [4.78, 5) is 13.9. The summed E-state index contributed by atoms with van der Waals surface area (Å²) in [5.74, 6) is -0.999. The second-order valence-corrected chi connectivity index (χ2v) is 3.19. The Bertz CT molecular complexity index is 209. The van der Waals surface area contributed by atoms with E-state index in [1.54, 1.807) is 13.8 Å². The summed E-state index contributed by atoms with van der Waals surface area (Å²) in [6.07, 6.45) is -0.0903. The minimum atomic E-state index is -0.922. The van der Waals surface area contributed by atoms with Crippen LogP contribution in [-0.4, -0.2) is 29.4 Å². The summed E-state index contributed by atoms with van der Waals surface area (Å²) in [6.45, 7) is 3.29. The summed E-state index contributed by atoms with van der Waals surface area (Å²) in [5, 5.41) is 8.49. The molecule has 0 saturated carbocycles. The molecule has 0 aromatic heterocycles. The molecule has 6 nitrogen and oxygen atoms in total. The first-order chi connectivity index (χ1) is 5.83. The number of carboxylic acid groups (broad SMARTS) is 1. The number of nitrogens with zero attached hydrogens (tertiary/aromatic N) is 1. The molecule has 0 amide bonds. The average Bonchev–Trinajstić information content (AvgIpc) is 1.81. The minimum Gasteiger partial charge on any atom is -0.481 e. The Morgan fingerprint density at radius 3 is 2.46 bits per heavy atom. The van der Waals surface area contributed by atoms with Crippen molar-refractivity contribution in [1.29, 1.82) is 0 Å². The van der Waals surface area contributed by atoms with Crippen LogP contribution in [-0.2, 0) is 9.53 Å². The van der Waals surface area contributed by atoms with E-state index in [0.717, 1.165) is 0 Å². The van der Waals surface area contributed by atoms with Gasteiger partial charge in [0.2, 0.25) is 0 Å². The topological polar surface area (TPSA) is 111 Å². The first-order valence-corrected chi connectivity index (χ1v) is 3.74. The molecule has 0 rings (SSSR count). The number of aliphatic carboxylic acids is 1. The zero-order chi connectivity index (χ0) is 10.5. The fourth-order valence-corrected chi connectivity index (χ4v) is 0.697. The van der Waals surface area contributed by atoms with Crippen LogP contribution in [0.4, 0.5) is 0 Å². The van der Waals surface area contributed by atoms with E-state index >= 15 is 0 Å². The molecule has 0 aliphatic carbocycles. The molecule has 0 bridgehead atoms. The van der Waals surface area contributed by atoms with Gasteiger partial charge in [0.25, 0.3) is 0 Å². The summed E-state index contributed by atoms with van der Waals surface area (Å²) >= 11 is 0. The number of nitrogens with two attached hydrogens (primary N) is 2. The van der Waals surface area contributed by atoms with Crippen LogP contribution in [0.25, 0.3) is 0 Å². The van der Waals surface area contributed by atoms with Gasteiger partial charge >= 0.3 is 5.97 Å². The second kappa shape index (κ2) is 4.66. The van der Waals surface area contributed by atoms with Gasteiger partial charge in [-0.2, -0.15) is 0 Å². The van der Waals surface area contributed by atoms with Gasteiger partial charge in [0.15, 0.2) is 5.96 Å². The molecule has 0 aliphatic heterocycles. The molecular formula is C7H15N3O3. The highest BCUT2D eigenvalue weighted by molar-refractivity contribution is 5.75. The molecule has 0 saturated heterocycles. The van der Waals surface area contributed by atoms with Crippen molar-refractivity contribution in [2.75, 3.05) is 6.73 Å². The number of hydrogen-bond acceptors (Lipinski definition) is 3. The van der Waals surface area contributed by atoms with Crippen molar-refractivity contribution >= 4 is 11.9 Å². The standard InChI is InChI=1S/C7H15N3O3/c1-7(2,3-5(11)12)13-4-10-6(8)9/h3-4H2,1-2H3,(H,11,12)(H4,8,9,10). The fraction of sp³-hybridized carbons (Fsp3) is 0.714. The van der Waals surface area contributed by atoms with Crippen LogP contribution < -0.4 is 11.5 Å². The van der Waals surface area contributed by atoms with Crippen LogP contribution in [0.3, 0.4) is 0 Å². The van der Waals surface area contributed by atoms with Crippen molar-refractivity contribution in [3.05, 3.63) is 0 Å². The lowest BCUT2D eigenvalue weighted by Gasteiger charge is -2.21.